The Morgan fingerprint density at radius 2 is 1.00 bits per heavy atom. The van der Waals surface area contributed by atoms with E-state index in [1.807, 2.05) is 0 Å². The maximum atomic E-state index is 2.57. The minimum atomic E-state index is 0.670. The molecule has 22 heavy (non-hydrogen) atoms. The molecule has 0 N–H and O–H groups in total. The Balaban J connectivity index is 1.50. The molecular weight excluding hydrogens is 264 g/mol. The van der Waals surface area contributed by atoms with Gasteiger partial charge in [0.15, 0.2) is 0 Å². The largest absolute Gasteiger partial charge is 0.0772 e. The maximum Gasteiger partial charge on any atom is -0.00164 e. The molecule has 2 aromatic carbocycles. The van der Waals surface area contributed by atoms with Gasteiger partial charge in [-0.15, -0.1) is 0 Å². The first-order valence-corrected chi connectivity index (χ1v) is 8.37. The smallest absolute Gasteiger partial charge is 0.00164 e. The molecule has 2 bridgehead atoms. The number of rotatable bonds is 4. The minimum absolute atomic E-state index is 0.670. The van der Waals surface area contributed by atoms with Gasteiger partial charge < -0.3 is 0 Å². The number of hydrogen-bond donors (Lipinski definition) is 0. The van der Waals surface area contributed by atoms with E-state index in [9.17, 15) is 0 Å². The van der Waals surface area contributed by atoms with Crippen molar-refractivity contribution in [2.75, 3.05) is 0 Å². The fraction of sp³-hybridized carbons (Fsp3) is 0.273. The molecular formula is C22H22. The van der Waals surface area contributed by atoms with E-state index in [4.69, 9.17) is 0 Å². The van der Waals surface area contributed by atoms with Crippen LogP contribution in [0.3, 0.4) is 0 Å². The Morgan fingerprint density at radius 1 is 0.591 bits per heavy atom. The van der Waals surface area contributed by atoms with Crippen molar-refractivity contribution in [2.24, 2.45) is 11.8 Å². The third-order valence-electron chi connectivity index (χ3n) is 5.07. The zero-order valence-corrected chi connectivity index (χ0v) is 12.9. The van der Waals surface area contributed by atoms with Gasteiger partial charge in [0, 0.05) is 0 Å². The van der Waals surface area contributed by atoms with Crippen LogP contribution in [0.25, 0.3) is 0 Å². The van der Waals surface area contributed by atoms with Crippen molar-refractivity contribution < 1.29 is 0 Å². The minimum Gasteiger partial charge on any atom is -0.0772 e. The zero-order chi connectivity index (χ0) is 14.8. The van der Waals surface area contributed by atoms with Gasteiger partial charge in [-0.25, -0.2) is 0 Å². The van der Waals surface area contributed by atoms with E-state index < -0.39 is 0 Å². The van der Waals surface area contributed by atoms with Gasteiger partial charge in [0.05, 0.1) is 0 Å². The van der Waals surface area contributed by atoms with E-state index in [0.29, 0.717) is 11.8 Å². The fourth-order valence-electron chi connectivity index (χ4n) is 3.92. The molecule has 0 heteroatoms. The van der Waals surface area contributed by atoms with Gasteiger partial charge in [0.1, 0.15) is 0 Å². The van der Waals surface area contributed by atoms with Crippen molar-refractivity contribution in [3.8, 4) is 0 Å². The highest BCUT2D eigenvalue weighted by atomic mass is 14.3. The molecule has 0 nitrogen and oxygen atoms in total. The summed E-state index contributed by atoms with van der Waals surface area (Å²) in [4.78, 5) is 0. The molecule has 2 atom stereocenters. The molecule has 0 spiro atoms. The monoisotopic (exact) mass is 286 g/mol. The lowest BCUT2D eigenvalue weighted by atomic mass is 9.70. The number of hydrogen-bond acceptors (Lipinski definition) is 0. The van der Waals surface area contributed by atoms with Gasteiger partial charge in [-0.1, -0.05) is 84.0 Å². The number of allylic oxidation sites excluding steroid dienone is 4. The molecule has 0 aliphatic heterocycles. The summed E-state index contributed by atoms with van der Waals surface area (Å²) in [6.45, 7) is 0. The van der Waals surface area contributed by atoms with E-state index in [1.165, 1.54) is 24.0 Å². The van der Waals surface area contributed by atoms with E-state index in [-0.39, 0.29) is 0 Å². The summed E-state index contributed by atoms with van der Waals surface area (Å²) < 4.78 is 0. The molecule has 0 heterocycles. The Bertz CT molecular complexity index is 628. The Kier molecular flexibility index (Phi) is 3.68. The van der Waals surface area contributed by atoms with Crippen LogP contribution >= 0.6 is 0 Å². The summed E-state index contributed by atoms with van der Waals surface area (Å²) in [5.74, 6) is 1.34. The van der Waals surface area contributed by atoms with Crippen molar-refractivity contribution in [3.63, 3.8) is 0 Å². The van der Waals surface area contributed by atoms with Crippen LogP contribution in [0.4, 0.5) is 0 Å². The molecule has 3 aliphatic carbocycles. The van der Waals surface area contributed by atoms with E-state index >= 15 is 0 Å². The van der Waals surface area contributed by atoms with Gasteiger partial charge in [0.25, 0.3) is 0 Å². The van der Waals surface area contributed by atoms with Crippen molar-refractivity contribution in [3.05, 3.63) is 95.1 Å². The highest BCUT2D eigenvalue weighted by Crippen LogP contribution is 2.42. The molecule has 2 aromatic rings. The Labute approximate surface area is 133 Å². The summed E-state index contributed by atoms with van der Waals surface area (Å²) in [5.41, 5.74) is 6.16. The summed E-state index contributed by atoms with van der Waals surface area (Å²) in [7, 11) is 0. The summed E-state index contributed by atoms with van der Waals surface area (Å²) in [5, 5.41) is 0. The van der Waals surface area contributed by atoms with Crippen LogP contribution in [-0.2, 0) is 12.8 Å². The van der Waals surface area contributed by atoms with Crippen LogP contribution in [0.2, 0.25) is 0 Å². The van der Waals surface area contributed by atoms with Crippen molar-refractivity contribution in [1.82, 2.24) is 0 Å². The van der Waals surface area contributed by atoms with Crippen molar-refractivity contribution >= 4 is 0 Å². The molecule has 0 saturated carbocycles. The van der Waals surface area contributed by atoms with Crippen molar-refractivity contribution in [2.45, 2.75) is 25.7 Å². The standard InChI is InChI=1S/C22H22/c1-3-7-17(8-4-1)13-21-15-20-12-11-19(21)16-22(20)14-18-9-5-2-6-10-18/h1-10,15-16,19-20H,11-14H2/t19-,20-/m0/s1. The Morgan fingerprint density at radius 3 is 1.36 bits per heavy atom. The molecule has 5 rings (SSSR count). The van der Waals surface area contributed by atoms with E-state index in [0.717, 1.165) is 12.8 Å². The molecule has 0 unspecified atom stereocenters. The van der Waals surface area contributed by atoms with Gasteiger partial charge >= 0.3 is 0 Å². The fourth-order valence-corrected chi connectivity index (χ4v) is 3.92. The zero-order valence-electron chi connectivity index (χ0n) is 12.9. The second kappa shape index (κ2) is 5.96. The van der Waals surface area contributed by atoms with Crippen LogP contribution in [-0.4, -0.2) is 0 Å². The molecule has 0 aromatic heterocycles. The van der Waals surface area contributed by atoms with Crippen molar-refractivity contribution in [1.29, 1.82) is 0 Å². The molecule has 3 aliphatic rings. The lowest BCUT2D eigenvalue weighted by Gasteiger charge is -2.35. The van der Waals surface area contributed by atoms with Crippen LogP contribution in [0.1, 0.15) is 24.0 Å². The maximum absolute atomic E-state index is 2.57. The predicted molar refractivity (Wildman–Crippen MR) is 92.7 cm³/mol. The second-order valence-corrected chi connectivity index (χ2v) is 6.60. The molecule has 0 radical (unpaired) electrons. The van der Waals surface area contributed by atoms with Gasteiger partial charge in [0.2, 0.25) is 0 Å². The lowest BCUT2D eigenvalue weighted by Crippen LogP contribution is -2.23. The number of fused-ring (bicyclic) bond motifs is 1. The summed E-state index contributed by atoms with van der Waals surface area (Å²) in [6, 6.07) is 21.8. The third-order valence-corrected chi connectivity index (χ3v) is 5.07. The van der Waals surface area contributed by atoms with E-state index in [2.05, 4.69) is 72.8 Å². The highest BCUT2D eigenvalue weighted by Gasteiger charge is 2.29. The average Bonchev–Trinajstić information content (AvgIpc) is 2.58. The summed E-state index contributed by atoms with van der Waals surface area (Å²) >= 11 is 0. The first-order chi connectivity index (χ1) is 10.9. The second-order valence-electron chi connectivity index (χ2n) is 6.60. The molecule has 0 amide bonds. The van der Waals surface area contributed by atoms with E-state index in [1.54, 1.807) is 11.1 Å². The van der Waals surface area contributed by atoms with Gasteiger partial charge in [-0.3, -0.25) is 0 Å². The SMILES string of the molecule is C1=C(Cc2ccccc2)[C@@H]2C=C(Cc3ccccc3)[C@H]1CC2. The molecule has 110 valence electrons. The lowest BCUT2D eigenvalue weighted by molar-refractivity contribution is 0.469. The first-order valence-electron chi connectivity index (χ1n) is 8.37. The van der Waals surface area contributed by atoms with Crippen LogP contribution in [0, 0.1) is 11.8 Å². The average molecular weight is 286 g/mol. The molecule has 0 fully saturated rings. The predicted octanol–water partition coefficient (Wildman–Crippen LogP) is 5.36. The topological polar surface area (TPSA) is 0 Å². The molecule has 0 saturated heterocycles. The van der Waals surface area contributed by atoms with Crippen LogP contribution in [0.15, 0.2) is 84.0 Å². The number of benzene rings is 2. The van der Waals surface area contributed by atoms with Gasteiger partial charge in [-0.2, -0.15) is 0 Å². The van der Waals surface area contributed by atoms with Gasteiger partial charge in [-0.05, 0) is 48.6 Å². The normalized spacial score (nSPS) is 23.1. The quantitative estimate of drug-likeness (QED) is 0.663. The Hall–Kier alpha value is -2.08. The third kappa shape index (κ3) is 2.78. The van der Waals surface area contributed by atoms with Crippen LogP contribution in [0.5, 0.6) is 0 Å². The van der Waals surface area contributed by atoms with Crippen LogP contribution < -0.4 is 0 Å². The highest BCUT2D eigenvalue weighted by molar-refractivity contribution is 5.37. The summed E-state index contributed by atoms with van der Waals surface area (Å²) in [6.07, 6.45) is 10.1. The first kappa shape index (κ1) is 13.6.